The number of aromatic nitrogens is 1. The van der Waals surface area contributed by atoms with Crippen molar-refractivity contribution < 1.29 is 4.79 Å². The van der Waals surface area contributed by atoms with Gasteiger partial charge in [-0.2, -0.15) is 0 Å². The maximum atomic E-state index is 13.4. The van der Waals surface area contributed by atoms with E-state index >= 15 is 0 Å². The zero-order valence-corrected chi connectivity index (χ0v) is 18.4. The van der Waals surface area contributed by atoms with E-state index in [4.69, 9.17) is 11.6 Å². The van der Waals surface area contributed by atoms with E-state index in [1.54, 1.807) is 0 Å². The minimum absolute atomic E-state index is 0.109. The number of hydrogen-bond donors (Lipinski definition) is 0. The molecule has 30 heavy (non-hydrogen) atoms. The van der Waals surface area contributed by atoms with Crippen LogP contribution in [0.4, 0.5) is 0 Å². The molecule has 4 rings (SSSR count). The molecule has 1 heterocycles. The van der Waals surface area contributed by atoms with Crippen LogP contribution in [0.3, 0.4) is 0 Å². The number of amides is 1. The molecule has 3 atom stereocenters. The topological polar surface area (TPSA) is 25.2 Å². The van der Waals surface area contributed by atoms with Crippen molar-refractivity contribution in [3.63, 3.8) is 0 Å². The van der Waals surface area contributed by atoms with Gasteiger partial charge in [0.05, 0.1) is 6.54 Å². The van der Waals surface area contributed by atoms with E-state index in [0.29, 0.717) is 12.5 Å². The molecule has 0 N–H and O–H groups in total. The first kappa shape index (κ1) is 20.7. The highest BCUT2D eigenvalue weighted by Crippen LogP contribution is 2.48. The van der Waals surface area contributed by atoms with Crippen molar-refractivity contribution in [3.8, 4) is 0 Å². The number of benzene rings is 2. The van der Waals surface area contributed by atoms with Gasteiger partial charge in [-0.15, -0.1) is 0 Å². The molecule has 1 amide bonds. The van der Waals surface area contributed by atoms with Crippen LogP contribution in [0.1, 0.15) is 49.4 Å². The quantitative estimate of drug-likeness (QED) is 0.431. The van der Waals surface area contributed by atoms with Crippen LogP contribution in [-0.2, 0) is 17.9 Å². The van der Waals surface area contributed by atoms with Gasteiger partial charge >= 0.3 is 0 Å². The summed E-state index contributed by atoms with van der Waals surface area (Å²) in [7, 11) is 0. The number of rotatable bonds is 8. The molecule has 0 spiro atoms. The SMILES string of the molecule is CC[C@H](C)N(Cc1cccn1Cc1cccc(Cl)c1)C(=O)[C@H]1C[C@H]1c1ccccc1. The summed E-state index contributed by atoms with van der Waals surface area (Å²) in [5.74, 6) is 0.759. The number of carbonyl (C=O) groups is 1. The molecule has 0 saturated heterocycles. The largest absolute Gasteiger partial charge is 0.345 e. The summed E-state index contributed by atoms with van der Waals surface area (Å²) in [6.07, 6.45) is 3.99. The van der Waals surface area contributed by atoms with Crippen molar-refractivity contribution in [1.82, 2.24) is 9.47 Å². The van der Waals surface area contributed by atoms with E-state index < -0.39 is 0 Å². The number of nitrogens with zero attached hydrogens (tertiary/aromatic N) is 2. The lowest BCUT2D eigenvalue weighted by Gasteiger charge is -2.29. The van der Waals surface area contributed by atoms with Crippen LogP contribution < -0.4 is 0 Å². The summed E-state index contributed by atoms with van der Waals surface area (Å²) in [4.78, 5) is 15.5. The van der Waals surface area contributed by atoms with Gasteiger partial charge in [0.25, 0.3) is 0 Å². The highest BCUT2D eigenvalue weighted by molar-refractivity contribution is 6.30. The van der Waals surface area contributed by atoms with Gasteiger partial charge in [-0.05, 0) is 61.1 Å². The fraction of sp³-hybridized carbons (Fsp3) is 0.346. The fourth-order valence-corrected chi connectivity index (χ4v) is 4.39. The summed E-state index contributed by atoms with van der Waals surface area (Å²) >= 11 is 6.15. The Morgan fingerprint density at radius 3 is 2.67 bits per heavy atom. The van der Waals surface area contributed by atoms with Gasteiger partial charge in [0.15, 0.2) is 0 Å². The molecule has 2 aromatic carbocycles. The van der Waals surface area contributed by atoms with Crippen LogP contribution in [0.5, 0.6) is 0 Å². The van der Waals surface area contributed by atoms with Crippen molar-refractivity contribution in [1.29, 1.82) is 0 Å². The normalized spacial score (nSPS) is 18.8. The molecule has 156 valence electrons. The first-order chi connectivity index (χ1) is 14.6. The molecule has 1 aromatic heterocycles. The van der Waals surface area contributed by atoms with Gasteiger partial charge < -0.3 is 9.47 Å². The molecule has 0 bridgehead atoms. The predicted molar refractivity (Wildman–Crippen MR) is 123 cm³/mol. The second-order valence-electron chi connectivity index (χ2n) is 8.34. The monoisotopic (exact) mass is 420 g/mol. The van der Waals surface area contributed by atoms with Crippen molar-refractivity contribution in [2.75, 3.05) is 0 Å². The number of carbonyl (C=O) groups excluding carboxylic acids is 1. The second kappa shape index (κ2) is 9.09. The zero-order chi connectivity index (χ0) is 21.1. The van der Waals surface area contributed by atoms with Gasteiger partial charge in [0.1, 0.15) is 0 Å². The van der Waals surface area contributed by atoms with E-state index in [-0.39, 0.29) is 17.9 Å². The maximum Gasteiger partial charge on any atom is 0.226 e. The Hall–Kier alpha value is -2.52. The lowest BCUT2D eigenvalue weighted by atomic mass is 10.1. The van der Waals surface area contributed by atoms with E-state index in [0.717, 1.165) is 35.7 Å². The van der Waals surface area contributed by atoms with E-state index in [1.807, 2.05) is 24.3 Å². The summed E-state index contributed by atoms with van der Waals surface area (Å²) in [6.45, 7) is 5.69. The second-order valence-corrected chi connectivity index (χ2v) is 8.78. The highest BCUT2D eigenvalue weighted by Gasteiger charge is 2.46. The molecule has 3 aromatic rings. The molecule has 1 saturated carbocycles. The molecule has 0 aliphatic heterocycles. The average molecular weight is 421 g/mol. The van der Waals surface area contributed by atoms with Gasteiger partial charge in [-0.1, -0.05) is 61.0 Å². The summed E-state index contributed by atoms with van der Waals surface area (Å²) in [5.41, 5.74) is 3.59. The Kier molecular flexibility index (Phi) is 6.29. The van der Waals surface area contributed by atoms with Gasteiger partial charge in [0, 0.05) is 35.4 Å². The third-order valence-corrected chi connectivity index (χ3v) is 6.47. The smallest absolute Gasteiger partial charge is 0.226 e. The standard InChI is InChI=1S/C26H29ClN2O/c1-3-19(2)29(26(30)25-16-24(25)21-10-5-4-6-11-21)18-23-13-8-14-28(23)17-20-9-7-12-22(27)15-20/h4-15,19,24-25H,3,16-18H2,1-2H3/t19-,24-,25-/m0/s1. The molecule has 4 heteroatoms. The van der Waals surface area contributed by atoms with Crippen molar-refractivity contribution >= 4 is 17.5 Å². The lowest BCUT2D eigenvalue weighted by Crippen LogP contribution is -2.39. The molecule has 3 nitrogen and oxygen atoms in total. The van der Waals surface area contributed by atoms with Crippen molar-refractivity contribution in [2.45, 2.75) is 51.7 Å². The van der Waals surface area contributed by atoms with Crippen LogP contribution in [0, 0.1) is 5.92 Å². The Balaban J connectivity index is 1.49. The van der Waals surface area contributed by atoms with Crippen LogP contribution in [0.15, 0.2) is 72.9 Å². The first-order valence-electron chi connectivity index (χ1n) is 10.8. The predicted octanol–water partition coefficient (Wildman–Crippen LogP) is 6.12. The first-order valence-corrected chi connectivity index (χ1v) is 11.2. The Morgan fingerprint density at radius 1 is 1.13 bits per heavy atom. The highest BCUT2D eigenvalue weighted by atomic mass is 35.5. The Morgan fingerprint density at radius 2 is 1.93 bits per heavy atom. The van der Waals surface area contributed by atoms with Gasteiger partial charge in [0.2, 0.25) is 5.91 Å². The van der Waals surface area contributed by atoms with Crippen molar-refractivity contribution in [3.05, 3.63) is 94.8 Å². The Labute approximate surface area is 184 Å². The van der Waals surface area contributed by atoms with E-state index in [9.17, 15) is 4.79 Å². The van der Waals surface area contributed by atoms with Crippen LogP contribution in [0.2, 0.25) is 5.02 Å². The molecule has 0 radical (unpaired) electrons. The molecule has 1 aliphatic carbocycles. The third kappa shape index (κ3) is 4.62. The maximum absolute atomic E-state index is 13.4. The minimum atomic E-state index is 0.109. The third-order valence-electron chi connectivity index (χ3n) is 6.24. The molecule has 1 fully saturated rings. The summed E-state index contributed by atoms with van der Waals surface area (Å²) in [6, 6.07) is 22.8. The van der Waals surface area contributed by atoms with Crippen LogP contribution in [0.25, 0.3) is 0 Å². The number of halogens is 1. The Bertz CT molecular complexity index is 997. The number of hydrogen-bond acceptors (Lipinski definition) is 1. The van der Waals surface area contributed by atoms with Crippen LogP contribution in [-0.4, -0.2) is 21.4 Å². The molecule has 0 unspecified atom stereocenters. The molecule has 1 aliphatic rings. The van der Waals surface area contributed by atoms with Gasteiger partial charge in [-0.25, -0.2) is 0 Å². The zero-order valence-electron chi connectivity index (χ0n) is 17.7. The van der Waals surface area contributed by atoms with Gasteiger partial charge in [-0.3, -0.25) is 4.79 Å². The summed E-state index contributed by atoms with van der Waals surface area (Å²) in [5, 5.41) is 0.748. The summed E-state index contributed by atoms with van der Waals surface area (Å²) < 4.78 is 2.22. The van der Waals surface area contributed by atoms with E-state index in [2.05, 4.69) is 72.0 Å². The minimum Gasteiger partial charge on any atom is -0.345 e. The average Bonchev–Trinajstić information content (AvgIpc) is 3.45. The van der Waals surface area contributed by atoms with Crippen molar-refractivity contribution in [2.24, 2.45) is 5.92 Å². The molecular weight excluding hydrogens is 392 g/mol. The van der Waals surface area contributed by atoms with E-state index in [1.165, 1.54) is 5.56 Å². The lowest BCUT2D eigenvalue weighted by molar-refractivity contribution is -0.135. The molecular formula is C26H29ClN2O. The fourth-order valence-electron chi connectivity index (χ4n) is 4.17. The van der Waals surface area contributed by atoms with Crippen LogP contribution >= 0.6 is 11.6 Å².